The molecule has 4 aromatic rings. The Hall–Kier alpha value is -7.44. The van der Waals surface area contributed by atoms with Gasteiger partial charge in [0, 0.05) is 60.7 Å². The van der Waals surface area contributed by atoms with Crippen LogP contribution in [0.3, 0.4) is 0 Å². The molecule has 16 N–H and O–H groups in total. The number of rotatable bonds is 23. The molecule has 9 amide bonds. The number of aromatic amines is 1. The summed E-state index contributed by atoms with van der Waals surface area (Å²) >= 11 is 0. The zero-order valence-electron chi connectivity index (χ0n) is 62.1. The topological polar surface area (TPSA) is 486 Å². The third-order valence-electron chi connectivity index (χ3n) is 17.4. The van der Waals surface area contributed by atoms with Crippen molar-refractivity contribution in [3.05, 3.63) is 134 Å². The van der Waals surface area contributed by atoms with Crippen LogP contribution < -0.4 is 53.6 Å². The van der Waals surface area contributed by atoms with E-state index < -0.39 is 125 Å². The molecule has 31 nitrogen and oxygen atoms in total. The smallest absolute Gasteiger partial charge is 0.663 e. The number of H-pyrrole nitrogens is 1. The molecule has 2 bridgehead atoms. The van der Waals surface area contributed by atoms with Gasteiger partial charge in [0.15, 0.2) is 6.04 Å². The number of carboxylic acids is 1. The largest absolute Gasteiger partial charge is 2.00 e. The van der Waals surface area contributed by atoms with Gasteiger partial charge in [-0.05, 0) is 86.5 Å². The number of phenolic OH excluding ortho intramolecular Hbond substituents is 1. The molecule has 103 heavy (non-hydrogen) atoms. The number of hydrogen-bond donors (Lipinski definition) is 15. The number of para-hydroxylation sites is 1. The first-order valence-electron chi connectivity index (χ1n) is 34.4. The number of benzene rings is 3. The van der Waals surface area contributed by atoms with Gasteiger partial charge >= 0.3 is 28.7 Å². The summed E-state index contributed by atoms with van der Waals surface area (Å²) in [7, 11) is 1.75. The summed E-state index contributed by atoms with van der Waals surface area (Å²) in [5.74, 6) is -10.3. The van der Waals surface area contributed by atoms with E-state index >= 15 is 14.4 Å². The predicted octanol–water partition coefficient (Wildman–Crippen LogP) is 1.90. The van der Waals surface area contributed by atoms with Crippen LogP contribution in [0.2, 0.25) is 0 Å². The number of carboxylic acid groups (broad SMARTS) is 1. The minimum absolute atomic E-state index is 0. The van der Waals surface area contributed by atoms with Crippen molar-refractivity contribution in [1.29, 1.82) is 0 Å². The fraction of sp³-hybridized carbons (Fsp3) is 0.565. The number of carbonyl (C=O) groups is 10. The zero-order valence-corrected chi connectivity index (χ0v) is 60.7. The minimum Gasteiger partial charge on any atom is -0.663 e. The summed E-state index contributed by atoms with van der Waals surface area (Å²) in [5.41, 5.74) is 6.96. The van der Waals surface area contributed by atoms with E-state index in [9.17, 15) is 54.0 Å². The number of phenols is 1. The Morgan fingerprint density at radius 1 is 0.631 bits per heavy atom. The Morgan fingerprint density at radius 3 is 1.79 bits per heavy atom. The van der Waals surface area contributed by atoms with E-state index in [1.54, 1.807) is 60.8 Å². The molecule has 5 heterocycles. The average Bonchev–Trinajstić information content (AvgIpc) is 1.70. The maximum Gasteiger partial charge on any atom is 2.00 e. The van der Waals surface area contributed by atoms with Crippen molar-refractivity contribution in [1.82, 2.24) is 52.8 Å². The number of aromatic hydroxyl groups is 1. The molecule has 1 aromatic heterocycles. The van der Waals surface area contributed by atoms with Gasteiger partial charge in [0.2, 0.25) is 53.2 Å². The second kappa shape index (κ2) is 43.1. The minimum atomic E-state index is -1.88. The summed E-state index contributed by atoms with van der Waals surface area (Å²) in [4.78, 5) is 147. The molecule has 4 aliphatic rings. The molecule has 2 unspecified atom stereocenters. The van der Waals surface area contributed by atoms with Crippen LogP contribution in [0.4, 0.5) is 0 Å². The van der Waals surface area contributed by atoms with Gasteiger partial charge in [-0.25, -0.2) is 4.79 Å². The van der Waals surface area contributed by atoms with Gasteiger partial charge in [0.1, 0.15) is 48.0 Å². The van der Waals surface area contributed by atoms with Crippen LogP contribution in [0.25, 0.3) is 42.8 Å². The fourth-order valence-electron chi connectivity index (χ4n) is 11.7. The van der Waals surface area contributed by atoms with E-state index in [1.807, 2.05) is 0 Å². The summed E-state index contributed by atoms with van der Waals surface area (Å²) in [6.45, 7) is 9.78. The van der Waals surface area contributed by atoms with E-state index in [0.29, 0.717) is 92.9 Å². The summed E-state index contributed by atoms with van der Waals surface area (Å²) < 4.78 is 0. The first-order chi connectivity index (χ1) is 48.9. The number of nitrogens with zero attached hydrogens (tertiary/aromatic N) is 6. The predicted molar refractivity (Wildman–Crippen MR) is 394 cm³/mol. The van der Waals surface area contributed by atoms with Gasteiger partial charge in [0.05, 0.1) is 12.2 Å². The Balaban J connectivity index is 0.00000778. The van der Waals surface area contributed by atoms with Gasteiger partial charge in [-0.3, -0.25) is 43.2 Å². The standard InChI is InChI=1S/C69H97N17O14S2.Cu/c1-42(87)58-66(98)83-55(65(97)85-59(43(2)88)67(99)100)35-102-101-34-54(64(96)80-52(31-45-19-21-47(89)22-20-45)62(94)81-53(32-46-33-77-49-15-8-7-14-48(46)49)63(95)79-50(60(92)84-58)16-9-10-23-70)82-61(93)51(30-44-12-5-4-6-13-44)78-56(90)17-11-18-57(91)86-69-39-74-27-24-71-36-68(3,37-72-25-28-75-40-69)38-73-26-29-76-41-69;/h4-8,12-15,19-22,33,42-43,50-55,58-59,77,87-89H,9-11,16-18,23-32,34-41,70H2,1-3H3,(H,78,90)(H,79,95)(H,80,96)(H,81,94)(H,82,93)(H,83,98)(H,84,92)(H,85,97)(H,86,91)(H,99,100);/q-6;+2/p+4/t42?,43?,50-,51+,52-,53+,54-,55-,58-,59-,68?,69?;/m0./s1/i;1+3. The number of aromatic nitrogens is 1. The van der Waals surface area contributed by atoms with Gasteiger partial charge in [0.25, 0.3) is 0 Å². The molecular formula is C69H101CuN17O14S2. The zero-order chi connectivity index (χ0) is 73.6. The third-order valence-corrected chi connectivity index (χ3v) is 19.8. The molecule has 0 aliphatic carbocycles. The summed E-state index contributed by atoms with van der Waals surface area (Å²) in [6.07, 6.45) is -1.89. The van der Waals surface area contributed by atoms with Crippen molar-refractivity contribution in [3.8, 4) is 5.75 Å². The molecule has 0 saturated carbocycles. The maximum atomic E-state index is 15.3. The molecule has 1 radical (unpaired) electrons. The molecule has 0 spiro atoms. The number of amides is 9. The number of aliphatic hydroxyl groups is 2. The van der Waals surface area contributed by atoms with Gasteiger partial charge in [-0.1, -0.05) is 94.6 Å². The second-order valence-corrected chi connectivity index (χ2v) is 28.9. The van der Waals surface area contributed by atoms with Crippen LogP contribution in [-0.2, 0) is 84.3 Å². The molecule has 4 saturated heterocycles. The fourth-order valence-corrected chi connectivity index (χ4v) is 14.0. The molecule has 4 aliphatic heterocycles. The number of fused-ring (bicyclic) bond motifs is 16. The summed E-state index contributed by atoms with van der Waals surface area (Å²) in [5, 5.41) is 95.2. The SMILES string of the molecule is CC(O)[C@H](NC(=O)[C@@H]1CSSC[C@H](NC(=O)[C@@H](Cc2ccccc2)NC(=O)CCCC(=O)NC23C[N-]CC[N-]CC(C)(C[N-]CC[N-]C2)C[N-]CC[N-]C3)C(=O)N[C@@H](Cc2ccc(O)cc2)C(=O)N[C@H](Cc2c[nH]c3ccccc23)C(=O)N[C@@H](CCCCN)C(=O)N[C@@H](C(C)O)C(=O)N1)C(=O)O.[67Cu+2].[H+].[H+].[H+].[H+]. The third kappa shape index (κ3) is 27.8. The molecule has 10 atom stereocenters. The number of aliphatic carboxylic acids is 1. The summed E-state index contributed by atoms with van der Waals surface area (Å²) in [6, 6.07) is 8.77. The molecule has 569 valence electrons. The van der Waals surface area contributed by atoms with E-state index in [-0.39, 0.29) is 123 Å². The number of hydrogen-bond acceptors (Lipinski definition) is 16. The maximum absolute atomic E-state index is 15.3. The van der Waals surface area contributed by atoms with Gasteiger partial charge in [-0.2, -0.15) is 39.3 Å². The quantitative estimate of drug-likeness (QED) is 0.0286. The monoisotopic (exact) mass is 1520 g/mol. The van der Waals surface area contributed by atoms with Gasteiger partial charge in [-0.15, -0.1) is 39.3 Å². The Bertz CT molecular complexity index is 3400. The van der Waals surface area contributed by atoms with Crippen LogP contribution in [0.1, 0.15) is 81.7 Å². The first-order valence-corrected chi connectivity index (χ1v) is 36.9. The Labute approximate surface area is 624 Å². The van der Waals surface area contributed by atoms with Crippen LogP contribution in [-0.4, -0.2) is 247 Å². The normalized spacial score (nSPS) is 24.7. The second-order valence-electron chi connectivity index (χ2n) is 26.3. The van der Waals surface area contributed by atoms with Crippen molar-refractivity contribution in [2.75, 3.05) is 96.6 Å². The van der Waals surface area contributed by atoms with Crippen molar-refractivity contribution >= 4 is 91.6 Å². The number of nitrogens with two attached hydrogens (primary N) is 1. The van der Waals surface area contributed by atoms with E-state index in [4.69, 9.17) is 37.6 Å². The van der Waals surface area contributed by atoms with E-state index in [1.165, 1.54) is 31.2 Å². The molecule has 34 heteroatoms. The van der Waals surface area contributed by atoms with E-state index in [2.05, 4.69) is 59.8 Å². The van der Waals surface area contributed by atoms with Crippen molar-refractivity contribution in [2.45, 2.75) is 145 Å². The molecule has 3 aromatic carbocycles. The molecule has 4 fully saturated rings. The van der Waals surface area contributed by atoms with E-state index in [0.717, 1.165) is 28.5 Å². The van der Waals surface area contributed by atoms with Crippen LogP contribution >= 0.6 is 21.6 Å². The average molecular weight is 1520 g/mol. The van der Waals surface area contributed by atoms with Crippen LogP contribution in [0.15, 0.2) is 85.1 Å². The van der Waals surface area contributed by atoms with Crippen molar-refractivity contribution in [3.63, 3.8) is 0 Å². The number of unbranched alkanes of at least 4 members (excludes halogenated alkanes) is 1. The number of nitrogens with one attached hydrogen (secondary N) is 10. The molecular weight excluding hydrogens is 1420 g/mol. The Kier molecular flexibility index (Phi) is 35.4. The molecule has 8 rings (SSSR count). The number of aliphatic hydroxyl groups excluding tert-OH is 2. The van der Waals surface area contributed by atoms with Crippen molar-refractivity contribution in [2.24, 2.45) is 11.1 Å². The van der Waals surface area contributed by atoms with Crippen LogP contribution in [0.5, 0.6) is 5.75 Å². The van der Waals surface area contributed by atoms with Crippen LogP contribution in [0, 0.1) is 5.41 Å². The van der Waals surface area contributed by atoms with Crippen molar-refractivity contribution < 1.29 is 91.1 Å². The Morgan fingerprint density at radius 2 is 1.18 bits per heavy atom. The van der Waals surface area contributed by atoms with Gasteiger partial charge < -0.3 is 111 Å². The number of carbonyl (C=O) groups excluding carboxylic acids is 9. The first kappa shape index (κ1) is 84.5.